The average Bonchev–Trinajstić information content (AvgIpc) is 2.83. The first-order valence-electron chi connectivity index (χ1n) is 13.0. The number of nitrogens with one attached hydrogen (secondary N) is 1. The van der Waals surface area contributed by atoms with Crippen LogP contribution in [0.1, 0.15) is 32.3 Å². The van der Waals surface area contributed by atoms with Crippen molar-refractivity contribution in [3.63, 3.8) is 0 Å². The molecule has 0 unspecified atom stereocenters. The molecule has 0 radical (unpaired) electrons. The molecule has 2 fully saturated rings. The van der Waals surface area contributed by atoms with E-state index in [-0.39, 0.29) is 36.6 Å². The highest BCUT2D eigenvalue weighted by Crippen LogP contribution is 2.37. The maximum absolute atomic E-state index is 14.7. The summed E-state index contributed by atoms with van der Waals surface area (Å²) in [4.78, 5) is 16.8. The monoisotopic (exact) mass is 560 g/mol. The Labute approximate surface area is 227 Å². The van der Waals surface area contributed by atoms with Gasteiger partial charge in [-0.3, -0.25) is 0 Å². The zero-order valence-electron chi connectivity index (χ0n) is 22.5. The van der Waals surface area contributed by atoms with Gasteiger partial charge in [0, 0.05) is 48.7 Å². The van der Waals surface area contributed by atoms with Crippen LogP contribution >= 0.6 is 0 Å². The van der Waals surface area contributed by atoms with Crippen LogP contribution in [0.3, 0.4) is 0 Å². The van der Waals surface area contributed by atoms with Crippen molar-refractivity contribution in [3.8, 4) is 0 Å². The van der Waals surface area contributed by atoms with Crippen molar-refractivity contribution in [1.82, 2.24) is 15.0 Å². The molecule has 0 saturated carbocycles. The molecular weight excluding hydrogens is 526 g/mol. The minimum atomic E-state index is -3.02. The summed E-state index contributed by atoms with van der Waals surface area (Å²) in [5.41, 5.74) is 0.0417. The van der Waals surface area contributed by atoms with Gasteiger partial charge in [0.25, 0.3) is 0 Å². The van der Waals surface area contributed by atoms with Crippen molar-refractivity contribution in [3.05, 3.63) is 42.2 Å². The summed E-state index contributed by atoms with van der Waals surface area (Å²) in [5.74, 6) is 1.69. The van der Waals surface area contributed by atoms with Gasteiger partial charge < -0.3 is 20.2 Å². The Morgan fingerprint density at radius 3 is 2.54 bits per heavy atom. The smallest absolute Gasteiger partial charge is 0.227 e. The summed E-state index contributed by atoms with van der Waals surface area (Å²) in [6, 6.07) is 7.78. The van der Waals surface area contributed by atoms with Gasteiger partial charge in [-0.05, 0) is 42.0 Å². The van der Waals surface area contributed by atoms with Crippen molar-refractivity contribution < 1.29 is 22.3 Å². The molecule has 3 aromatic rings. The Balaban J connectivity index is 1.40. The number of sulfone groups is 1. The van der Waals surface area contributed by atoms with Crippen LogP contribution < -0.4 is 15.1 Å². The topological polar surface area (TPSA) is 112 Å². The number of piperidine rings is 1. The lowest BCUT2D eigenvalue weighted by Crippen LogP contribution is -2.59. The molecule has 0 aliphatic carbocycles. The van der Waals surface area contributed by atoms with E-state index in [4.69, 9.17) is 0 Å². The first-order valence-corrected chi connectivity index (χ1v) is 15.1. The van der Waals surface area contributed by atoms with Gasteiger partial charge in [-0.15, -0.1) is 0 Å². The quantitative estimate of drug-likeness (QED) is 0.448. The van der Waals surface area contributed by atoms with E-state index in [9.17, 15) is 22.3 Å². The van der Waals surface area contributed by atoms with Crippen LogP contribution in [0.5, 0.6) is 0 Å². The minimum Gasteiger partial charge on any atom is -0.387 e. The standard InChI is InChI=1S/C27H34F2N6O3S/c1-16(2)18-5-6-22(34-11-17(12-34)14-39(4,37)38)20-10-31-24(9-19(18)20)32-23-7-8-30-26(33-23)35-13-21(28)25(36)27(3,29)15-35/h5-10,16-17,21,25,36H,11-15H2,1-4H3,(H,30,31,32,33)/t21-,25-,27+/m0/s1. The second-order valence-corrected chi connectivity index (χ2v) is 13.5. The third-order valence-corrected chi connectivity index (χ3v) is 8.48. The Morgan fingerprint density at radius 2 is 1.87 bits per heavy atom. The highest BCUT2D eigenvalue weighted by molar-refractivity contribution is 7.90. The van der Waals surface area contributed by atoms with E-state index in [2.05, 4.69) is 51.1 Å². The van der Waals surface area contributed by atoms with Crippen LogP contribution in [-0.2, 0) is 9.84 Å². The fourth-order valence-electron chi connectivity index (χ4n) is 5.47. The second kappa shape index (κ2) is 10.1. The Hall–Kier alpha value is -3.12. The summed E-state index contributed by atoms with van der Waals surface area (Å²) in [5, 5.41) is 15.0. The van der Waals surface area contributed by atoms with E-state index < -0.39 is 27.8 Å². The van der Waals surface area contributed by atoms with Crippen molar-refractivity contribution in [1.29, 1.82) is 0 Å². The molecule has 2 N–H and O–H groups in total. The fourth-order valence-corrected chi connectivity index (χ4v) is 6.53. The van der Waals surface area contributed by atoms with Crippen LogP contribution in [0.2, 0.25) is 0 Å². The second-order valence-electron chi connectivity index (χ2n) is 11.3. The molecule has 39 heavy (non-hydrogen) atoms. The zero-order valence-corrected chi connectivity index (χ0v) is 23.3. The fraction of sp³-hybridized carbons (Fsp3) is 0.519. The lowest BCUT2D eigenvalue weighted by atomic mass is 9.92. The summed E-state index contributed by atoms with van der Waals surface area (Å²) in [6.07, 6.45) is 1.13. The van der Waals surface area contributed by atoms with E-state index in [1.807, 2.05) is 6.07 Å². The minimum absolute atomic E-state index is 0.117. The van der Waals surface area contributed by atoms with Crippen LogP contribution in [0.25, 0.3) is 10.8 Å². The molecule has 9 nitrogen and oxygen atoms in total. The molecule has 210 valence electrons. The molecule has 2 aliphatic heterocycles. The van der Waals surface area contributed by atoms with Crippen LogP contribution in [-0.4, -0.2) is 84.6 Å². The summed E-state index contributed by atoms with van der Waals surface area (Å²) in [7, 11) is -3.02. The maximum atomic E-state index is 14.7. The highest BCUT2D eigenvalue weighted by Gasteiger charge is 2.46. The maximum Gasteiger partial charge on any atom is 0.227 e. The molecule has 0 amide bonds. The average molecular weight is 561 g/mol. The zero-order chi connectivity index (χ0) is 28.1. The molecule has 2 aromatic heterocycles. The van der Waals surface area contributed by atoms with Gasteiger partial charge in [0.2, 0.25) is 5.95 Å². The van der Waals surface area contributed by atoms with Crippen LogP contribution in [0.15, 0.2) is 36.7 Å². The Kier molecular flexibility index (Phi) is 7.13. The van der Waals surface area contributed by atoms with E-state index in [1.54, 1.807) is 12.3 Å². The predicted octanol–water partition coefficient (Wildman–Crippen LogP) is 3.62. The number of anilines is 4. The molecule has 0 spiro atoms. The number of pyridine rings is 1. The first-order chi connectivity index (χ1) is 18.3. The van der Waals surface area contributed by atoms with Gasteiger partial charge in [-0.1, -0.05) is 19.9 Å². The highest BCUT2D eigenvalue weighted by atomic mass is 32.2. The normalized spacial score (nSPS) is 24.3. The van der Waals surface area contributed by atoms with Crippen molar-refractivity contribution >= 4 is 43.9 Å². The predicted molar refractivity (Wildman–Crippen MR) is 149 cm³/mol. The molecule has 2 saturated heterocycles. The number of aliphatic hydroxyl groups is 1. The van der Waals surface area contributed by atoms with E-state index in [0.717, 1.165) is 22.0 Å². The molecule has 1 aromatic carbocycles. The Bertz CT molecular complexity index is 1480. The molecule has 4 heterocycles. The number of benzene rings is 1. The third-order valence-electron chi connectivity index (χ3n) is 7.41. The van der Waals surface area contributed by atoms with Gasteiger partial charge in [0.1, 0.15) is 33.7 Å². The largest absolute Gasteiger partial charge is 0.387 e. The first kappa shape index (κ1) is 27.4. The lowest BCUT2D eigenvalue weighted by Gasteiger charge is -2.41. The molecular formula is C27H34F2N6O3S. The third kappa shape index (κ3) is 5.76. The van der Waals surface area contributed by atoms with Crippen molar-refractivity contribution in [2.75, 3.05) is 53.3 Å². The number of alkyl halides is 2. The SMILES string of the molecule is CC(C)c1ccc(N2CC(CS(C)(=O)=O)C2)c2cnc(Nc3ccnc(N4C[C@H](F)[C@H](O)[C@](C)(F)C4)n3)cc12. The number of fused-ring (bicyclic) bond motifs is 1. The number of rotatable bonds is 7. The lowest BCUT2D eigenvalue weighted by molar-refractivity contribution is -0.0545. The molecule has 5 rings (SSSR count). The van der Waals surface area contributed by atoms with Crippen LogP contribution in [0, 0.1) is 5.92 Å². The van der Waals surface area contributed by atoms with E-state index in [1.165, 1.54) is 24.3 Å². The molecule has 3 atom stereocenters. The molecule has 2 aliphatic rings. The summed E-state index contributed by atoms with van der Waals surface area (Å²) >= 11 is 0. The number of hydrogen-bond donors (Lipinski definition) is 2. The number of aliphatic hydroxyl groups excluding tert-OH is 1. The molecule has 0 bridgehead atoms. The number of aromatic nitrogens is 3. The van der Waals surface area contributed by atoms with Gasteiger partial charge in [-0.25, -0.2) is 27.2 Å². The van der Waals surface area contributed by atoms with E-state index in [0.29, 0.717) is 24.7 Å². The van der Waals surface area contributed by atoms with Gasteiger partial charge in [0.05, 0.1) is 18.8 Å². The van der Waals surface area contributed by atoms with Crippen LogP contribution in [0.4, 0.5) is 32.1 Å². The van der Waals surface area contributed by atoms with E-state index >= 15 is 0 Å². The Morgan fingerprint density at radius 1 is 1.13 bits per heavy atom. The summed E-state index contributed by atoms with van der Waals surface area (Å²) < 4.78 is 52.3. The molecule has 12 heteroatoms. The van der Waals surface area contributed by atoms with Gasteiger partial charge in [-0.2, -0.15) is 4.98 Å². The summed E-state index contributed by atoms with van der Waals surface area (Å²) in [6.45, 7) is 6.34. The number of hydrogen-bond acceptors (Lipinski definition) is 9. The van der Waals surface area contributed by atoms with Crippen molar-refractivity contribution in [2.45, 2.75) is 44.6 Å². The van der Waals surface area contributed by atoms with Crippen molar-refractivity contribution in [2.24, 2.45) is 5.92 Å². The number of nitrogens with zero attached hydrogens (tertiary/aromatic N) is 5. The number of halogens is 2. The van der Waals surface area contributed by atoms with Gasteiger partial charge in [0.15, 0.2) is 5.67 Å². The van der Waals surface area contributed by atoms with Gasteiger partial charge >= 0.3 is 0 Å².